The Morgan fingerprint density at radius 3 is 2.62 bits per heavy atom. The Hall–Kier alpha value is -2.89. The number of amides is 2. The first-order valence-electron chi connectivity index (χ1n) is 8.56. The molecule has 1 aliphatic heterocycles. The van der Waals surface area contributed by atoms with Crippen LogP contribution in [0, 0.1) is 11.7 Å². The molecule has 3 rings (SSSR count). The van der Waals surface area contributed by atoms with Gasteiger partial charge in [0.15, 0.2) is 0 Å². The number of hydrogen-bond donors (Lipinski definition) is 1. The molecule has 2 aromatic rings. The summed E-state index contributed by atoms with van der Waals surface area (Å²) in [4.78, 5) is 26.3. The number of hydrogen-bond acceptors (Lipinski definition) is 3. The van der Waals surface area contributed by atoms with Crippen LogP contribution in [0.25, 0.3) is 0 Å². The van der Waals surface area contributed by atoms with E-state index in [1.54, 1.807) is 11.0 Å². The zero-order chi connectivity index (χ0) is 18.7. The third-order valence-corrected chi connectivity index (χ3v) is 4.11. The zero-order valence-corrected chi connectivity index (χ0v) is 14.7. The average molecular weight is 356 g/mol. The lowest BCUT2D eigenvalue weighted by atomic mass is 10.1. The number of rotatable bonds is 5. The van der Waals surface area contributed by atoms with E-state index in [0.717, 1.165) is 11.4 Å². The van der Waals surface area contributed by atoms with Crippen molar-refractivity contribution in [1.82, 2.24) is 0 Å². The quantitative estimate of drug-likeness (QED) is 0.890. The van der Waals surface area contributed by atoms with Crippen LogP contribution < -0.4 is 15.0 Å². The molecule has 0 radical (unpaired) electrons. The van der Waals surface area contributed by atoms with Crippen LogP contribution in [-0.4, -0.2) is 24.5 Å². The predicted molar refractivity (Wildman–Crippen MR) is 97.7 cm³/mol. The van der Waals surface area contributed by atoms with Crippen molar-refractivity contribution in [2.24, 2.45) is 5.92 Å². The van der Waals surface area contributed by atoms with Gasteiger partial charge < -0.3 is 15.0 Å². The summed E-state index contributed by atoms with van der Waals surface area (Å²) in [6.07, 6.45) is 0.205. The number of halogens is 1. The summed E-state index contributed by atoms with van der Waals surface area (Å²) in [5.41, 5.74) is 1.11. The minimum atomic E-state index is -0.475. The third-order valence-electron chi connectivity index (χ3n) is 4.11. The fraction of sp³-hybridized carbons (Fsp3) is 0.300. The summed E-state index contributed by atoms with van der Waals surface area (Å²) in [5, 5.41) is 2.67. The van der Waals surface area contributed by atoms with Crippen molar-refractivity contribution in [2.45, 2.75) is 26.4 Å². The van der Waals surface area contributed by atoms with Crippen LogP contribution in [0.5, 0.6) is 5.75 Å². The molecule has 0 unspecified atom stereocenters. The minimum absolute atomic E-state index is 0.0742. The Bertz CT molecular complexity index is 805. The Kier molecular flexibility index (Phi) is 5.21. The highest BCUT2D eigenvalue weighted by Crippen LogP contribution is 2.28. The van der Waals surface area contributed by atoms with Gasteiger partial charge in [0.05, 0.1) is 12.0 Å². The summed E-state index contributed by atoms with van der Waals surface area (Å²) in [5.74, 6) is -0.558. The largest absolute Gasteiger partial charge is 0.491 e. The van der Waals surface area contributed by atoms with Gasteiger partial charge in [-0.25, -0.2) is 4.39 Å². The maximum absolute atomic E-state index is 13.2. The molecule has 6 heteroatoms. The fourth-order valence-corrected chi connectivity index (χ4v) is 2.92. The van der Waals surface area contributed by atoms with Crippen molar-refractivity contribution in [2.75, 3.05) is 16.8 Å². The molecule has 2 aromatic carbocycles. The second kappa shape index (κ2) is 7.56. The topological polar surface area (TPSA) is 58.6 Å². The first kappa shape index (κ1) is 17.9. The average Bonchev–Trinajstić information content (AvgIpc) is 2.97. The van der Waals surface area contributed by atoms with Crippen LogP contribution in [0.3, 0.4) is 0 Å². The first-order chi connectivity index (χ1) is 12.4. The number of carbonyl (C=O) groups excluding carboxylic acids is 2. The van der Waals surface area contributed by atoms with Crippen LogP contribution in [0.1, 0.15) is 20.3 Å². The summed E-state index contributed by atoms with van der Waals surface area (Å²) in [6, 6.07) is 12.9. The van der Waals surface area contributed by atoms with Crippen molar-refractivity contribution < 1.29 is 18.7 Å². The van der Waals surface area contributed by atoms with Crippen molar-refractivity contribution in [3.8, 4) is 5.75 Å². The first-order valence-corrected chi connectivity index (χ1v) is 8.56. The summed E-state index contributed by atoms with van der Waals surface area (Å²) in [6.45, 7) is 4.18. The SMILES string of the molecule is CC(C)Oc1ccc(N2C[C@H](C(=O)Nc3cccc(F)c3)CC2=O)cc1. The maximum Gasteiger partial charge on any atom is 0.229 e. The lowest BCUT2D eigenvalue weighted by Crippen LogP contribution is -2.28. The van der Waals surface area contributed by atoms with Crippen LogP contribution in [0.2, 0.25) is 0 Å². The summed E-state index contributed by atoms with van der Waals surface area (Å²) < 4.78 is 18.8. The molecule has 0 aliphatic carbocycles. The summed E-state index contributed by atoms with van der Waals surface area (Å²) in [7, 11) is 0. The lowest BCUT2D eigenvalue weighted by molar-refractivity contribution is -0.122. The van der Waals surface area contributed by atoms with E-state index in [9.17, 15) is 14.0 Å². The highest BCUT2D eigenvalue weighted by Gasteiger charge is 2.35. The van der Waals surface area contributed by atoms with E-state index < -0.39 is 11.7 Å². The number of nitrogens with zero attached hydrogens (tertiary/aromatic N) is 1. The molecule has 0 saturated carbocycles. The molecule has 26 heavy (non-hydrogen) atoms. The standard InChI is InChI=1S/C20H21FN2O3/c1-13(2)26-18-8-6-17(7-9-18)23-12-14(10-19(23)24)20(25)22-16-5-3-4-15(21)11-16/h3-9,11,13-14H,10,12H2,1-2H3,(H,22,25)/t14-/m1/s1. The molecule has 0 spiro atoms. The van der Waals surface area contributed by atoms with E-state index in [1.165, 1.54) is 18.2 Å². The smallest absolute Gasteiger partial charge is 0.229 e. The van der Waals surface area contributed by atoms with Crippen molar-refractivity contribution >= 4 is 23.2 Å². The monoisotopic (exact) mass is 356 g/mol. The molecule has 1 aliphatic rings. The highest BCUT2D eigenvalue weighted by molar-refractivity contribution is 6.03. The molecule has 1 saturated heterocycles. The second-order valence-corrected chi connectivity index (χ2v) is 6.57. The van der Waals surface area contributed by atoms with Gasteiger partial charge in [0.1, 0.15) is 11.6 Å². The van der Waals surface area contributed by atoms with Gasteiger partial charge in [0.2, 0.25) is 11.8 Å². The van der Waals surface area contributed by atoms with Crippen molar-refractivity contribution in [3.05, 3.63) is 54.3 Å². The zero-order valence-electron chi connectivity index (χ0n) is 14.7. The van der Waals surface area contributed by atoms with Gasteiger partial charge in [-0.15, -0.1) is 0 Å². The van der Waals surface area contributed by atoms with E-state index in [-0.39, 0.29) is 24.3 Å². The lowest BCUT2D eigenvalue weighted by Gasteiger charge is -2.18. The normalized spacial score (nSPS) is 16.8. The molecule has 136 valence electrons. The Morgan fingerprint density at radius 1 is 1.23 bits per heavy atom. The van der Waals surface area contributed by atoms with Gasteiger partial charge in [-0.1, -0.05) is 6.07 Å². The molecule has 1 fully saturated rings. The number of benzene rings is 2. The van der Waals surface area contributed by atoms with Gasteiger partial charge in [0.25, 0.3) is 0 Å². The van der Waals surface area contributed by atoms with Crippen LogP contribution in [-0.2, 0) is 9.59 Å². The van der Waals surface area contributed by atoms with E-state index in [4.69, 9.17) is 4.74 Å². The van der Waals surface area contributed by atoms with Gasteiger partial charge in [-0.05, 0) is 56.3 Å². The number of nitrogens with one attached hydrogen (secondary N) is 1. The Morgan fingerprint density at radius 2 is 1.96 bits per heavy atom. The van der Waals surface area contributed by atoms with Crippen LogP contribution in [0.15, 0.2) is 48.5 Å². The minimum Gasteiger partial charge on any atom is -0.491 e. The molecule has 0 aromatic heterocycles. The van der Waals surface area contributed by atoms with E-state index in [1.807, 2.05) is 38.1 Å². The predicted octanol–water partition coefficient (Wildman–Crippen LogP) is 3.60. The molecule has 0 bridgehead atoms. The molecule has 5 nitrogen and oxygen atoms in total. The van der Waals surface area contributed by atoms with Crippen molar-refractivity contribution in [3.63, 3.8) is 0 Å². The van der Waals surface area contributed by atoms with Gasteiger partial charge >= 0.3 is 0 Å². The van der Waals surface area contributed by atoms with E-state index >= 15 is 0 Å². The molecular formula is C20H21FN2O3. The second-order valence-electron chi connectivity index (χ2n) is 6.57. The van der Waals surface area contributed by atoms with Crippen LogP contribution in [0.4, 0.5) is 15.8 Å². The molecule has 1 N–H and O–H groups in total. The van der Waals surface area contributed by atoms with Gasteiger partial charge in [-0.2, -0.15) is 0 Å². The van der Waals surface area contributed by atoms with E-state index in [0.29, 0.717) is 12.2 Å². The maximum atomic E-state index is 13.2. The Balaban J connectivity index is 1.65. The third kappa shape index (κ3) is 4.20. The molecule has 2 amide bonds. The fourth-order valence-electron chi connectivity index (χ4n) is 2.92. The van der Waals surface area contributed by atoms with E-state index in [2.05, 4.69) is 5.32 Å². The van der Waals surface area contributed by atoms with Gasteiger partial charge in [-0.3, -0.25) is 9.59 Å². The molecule has 1 atom stereocenters. The number of anilines is 2. The summed E-state index contributed by atoms with van der Waals surface area (Å²) >= 11 is 0. The highest BCUT2D eigenvalue weighted by atomic mass is 19.1. The number of carbonyl (C=O) groups is 2. The van der Waals surface area contributed by atoms with Crippen molar-refractivity contribution in [1.29, 1.82) is 0 Å². The number of ether oxygens (including phenoxy) is 1. The molecule has 1 heterocycles. The Labute approximate surface area is 151 Å². The molecular weight excluding hydrogens is 335 g/mol. The van der Waals surface area contributed by atoms with Crippen LogP contribution >= 0.6 is 0 Å². The van der Waals surface area contributed by atoms with Gasteiger partial charge in [0, 0.05) is 24.3 Å².